The first-order chi connectivity index (χ1) is 7.92. The monoisotopic (exact) mass is 263 g/mol. The van der Waals surface area contributed by atoms with Gasteiger partial charge in [0, 0.05) is 0 Å². The Morgan fingerprint density at radius 3 is 2.76 bits per heavy atom. The molecule has 1 aromatic heterocycles. The number of aliphatic hydroxyl groups excluding tert-OH is 1. The summed E-state index contributed by atoms with van der Waals surface area (Å²) < 4.78 is 35.5. The molecule has 7 heteroatoms. The highest BCUT2D eigenvalue weighted by molar-refractivity contribution is 7.14. The summed E-state index contributed by atoms with van der Waals surface area (Å²) in [4.78, 5) is 11.9. The molecule has 0 atom stereocenters. The molecular formula is C10H8F3NO2S. The van der Waals surface area contributed by atoms with E-state index < -0.39 is 18.6 Å². The molecule has 0 aromatic carbocycles. The SMILES string of the molecule is O=C(NCC(F)(F)F)c1ccc(C#CCO)s1. The van der Waals surface area contributed by atoms with Crippen LogP contribution in [-0.2, 0) is 0 Å². The van der Waals surface area contributed by atoms with Gasteiger partial charge in [-0.1, -0.05) is 11.8 Å². The predicted molar refractivity (Wildman–Crippen MR) is 56.7 cm³/mol. The van der Waals surface area contributed by atoms with E-state index in [2.05, 4.69) is 11.8 Å². The summed E-state index contributed by atoms with van der Waals surface area (Å²) in [5.41, 5.74) is 0. The highest BCUT2D eigenvalue weighted by Crippen LogP contribution is 2.16. The van der Waals surface area contributed by atoms with Gasteiger partial charge in [0.1, 0.15) is 13.2 Å². The van der Waals surface area contributed by atoms with Crippen molar-refractivity contribution in [2.75, 3.05) is 13.2 Å². The third-order valence-corrected chi connectivity index (χ3v) is 2.57. The highest BCUT2D eigenvalue weighted by Gasteiger charge is 2.28. The van der Waals surface area contributed by atoms with Crippen molar-refractivity contribution in [1.82, 2.24) is 5.32 Å². The topological polar surface area (TPSA) is 49.3 Å². The third-order valence-electron chi connectivity index (χ3n) is 1.57. The summed E-state index contributed by atoms with van der Waals surface area (Å²) in [7, 11) is 0. The van der Waals surface area contributed by atoms with Gasteiger partial charge in [0.05, 0.1) is 9.75 Å². The summed E-state index contributed by atoms with van der Waals surface area (Å²) in [5, 5.41) is 10.2. The van der Waals surface area contributed by atoms with E-state index in [0.717, 1.165) is 11.3 Å². The van der Waals surface area contributed by atoms with Crippen molar-refractivity contribution in [1.29, 1.82) is 0 Å². The summed E-state index contributed by atoms with van der Waals surface area (Å²) in [6.07, 6.45) is -4.42. The molecule has 0 radical (unpaired) electrons. The largest absolute Gasteiger partial charge is 0.405 e. The molecule has 0 aliphatic heterocycles. The second kappa shape index (κ2) is 5.70. The van der Waals surface area contributed by atoms with Gasteiger partial charge in [-0.3, -0.25) is 4.79 Å². The molecule has 1 aromatic rings. The molecule has 0 saturated heterocycles. The lowest BCUT2D eigenvalue weighted by Gasteiger charge is -2.06. The molecular weight excluding hydrogens is 255 g/mol. The van der Waals surface area contributed by atoms with Gasteiger partial charge in [0.15, 0.2) is 0 Å². The average Bonchev–Trinajstić information content (AvgIpc) is 2.70. The Morgan fingerprint density at radius 2 is 2.18 bits per heavy atom. The number of hydrogen-bond acceptors (Lipinski definition) is 3. The predicted octanol–water partition coefficient (Wildman–Crippen LogP) is 1.38. The fraction of sp³-hybridized carbons (Fsp3) is 0.300. The smallest absolute Gasteiger partial charge is 0.384 e. The molecule has 3 nitrogen and oxygen atoms in total. The van der Waals surface area contributed by atoms with Crippen LogP contribution in [0.4, 0.5) is 13.2 Å². The number of amides is 1. The van der Waals surface area contributed by atoms with Gasteiger partial charge >= 0.3 is 6.18 Å². The third kappa shape index (κ3) is 4.89. The van der Waals surface area contributed by atoms with E-state index in [1.54, 1.807) is 5.32 Å². The molecule has 0 spiro atoms. The standard InChI is InChI=1S/C10H8F3NO2S/c11-10(12,13)6-14-9(16)8-4-3-7(17-8)2-1-5-15/h3-4,15H,5-6H2,(H,14,16). The molecule has 2 N–H and O–H groups in total. The zero-order chi connectivity index (χ0) is 12.9. The molecule has 0 bridgehead atoms. The lowest BCUT2D eigenvalue weighted by atomic mass is 10.4. The van der Waals surface area contributed by atoms with Crippen molar-refractivity contribution < 1.29 is 23.1 Å². The van der Waals surface area contributed by atoms with Crippen LogP contribution in [-0.4, -0.2) is 30.3 Å². The van der Waals surface area contributed by atoms with E-state index in [1.807, 2.05) is 0 Å². The normalized spacial score (nSPS) is 10.6. The van der Waals surface area contributed by atoms with E-state index in [0.29, 0.717) is 4.88 Å². The number of carbonyl (C=O) groups excluding carboxylic acids is 1. The van der Waals surface area contributed by atoms with Crippen molar-refractivity contribution in [2.45, 2.75) is 6.18 Å². The molecule has 0 unspecified atom stereocenters. The molecule has 0 aliphatic carbocycles. The minimum atomic E-state index is -4.42. The van der Waals surface area contributed by atoms with Crippen molar-refractivity contribution in [2.24, 2.45) is 0 Å². The number of aliphatic hydroxyl groups is 1. The van der Waals surface area contributed by atoms with Crippen LogP contribution in [0.2, 0.25) is 0 Å². The maximum absolute atomic E-state index is 11.8. The minimum absolute atomic E-state index is 0.150. The van der Waals surface area contributed by atoms with Gasteiger partial charge in [-0.05, 0) is 12.1 Å². The average molecular weight is 263 g/mol. The molecule has 0 saturated carbocycles. The molecule has 92 valence electrons. The maximum atomic E-state index is 11.8. The number of rotatable bonds is 2. The van der Waals surface area contributed by atoms with Crippen LogP contribution in [0, 0.1) is 11.8 Å². The van der Waals surface area contributed by atoms with Gasteiger partial charge in [-0.25, -0.2) is 0 Å². The maximum Gasteiger partial charge on any atom is 0.405 e. The van der Waals surface area contributed by atoms with Gasteiger partial charge < -0.3 is 10.4 Å². The van der Waals surface area contributed by atoms with E-state index >= 15 is 0 Å². The molecule has 0 fully saturated rings. The molecule has 0 aliphatic rings. The van der Waals surface area contributed by atoms with Crippen LogP contribution in [0.15, 0.2) is 12.1 Å². The van der Waals surface area contributed by atoms with Crippen molar-refractivity contribution in [3.8, 4) is 11.8 Å². The minimum Gasteiger partial charge on any atom is -0.384 e. The lowest BCUT2D eigenvalue weighted by Crippen LogP contribution is -2.33. The van der Waals surface area contributed by atoms with Crippen LogP contribution < -0.4 is 5.32 Å². The van der Waals surface area contributed by atoms with E-state index in [-0.39, 0.29) is 11.5 Å². The van der Waals surface area contributed by atoms with Gasteiger partial charge in [0.25, 0.3) is 5.91 Å². The number of nitrogens with one attached hydrogen (secondary N) is 1. The van der Waals surface area contributed by atoms with Crippen LogP contribution in [0.25, 0.3) is 0 Å². The number of halogens is 3. The Labute approximate surface area is 99.3 Å². The van der Waals surface area contributed by atoms with Crippen molar-refractivity contribution in [3.05, 3.63) is 21.9 Å². The first-order valence-electron chi connectivity index (χ1n) is 4.47. The molecule has 1 heterocycles. The van der Waals surface area contributed by atoms with Gasteiger partial charge in [0.2, 0.25) is 0 Å². The number of alkyl halides is 3. The van der Waals surface area contributed by atoms with Gasteiger partial charge in [-0.15, -0.1) is 11.3 Å². The van der Waals surface area contributed by atoms with Crippen LogP contribution >= 0.6 is 11.3 Å². The quantitative estimate of drug-likeness (QED) is 0.792. The molecule has 1 amide bonds. The first-order valence-corrected chi connectivity index (χ1v) is 5.28. The number of thiophene rings is 1. The fourth-order valence-corrected chi connectivity index (χ4v) is 1.72. The Bertz CT molecular complexity index is 456. The zero-order valence-electron chi connectivity index (χ0n) is 8.47. The molecule has 1 rings (SSSR count). The van der Waals surface area contributed by atoms with Crippen LogP contribution in [0.5, 0.6) is 0 Å². The Balaban J connectivity index is 2.61. The lowest BCUT2D eigenvalue weighted by molar-refractivity contribution is -0.123. The van der Waals surface area contributed by atoms with E-state index in [1.165, 1.54) is 12.1 Å². The summed E-state index contributed by atoms with van der Waals surface area (Å²) in [6, 6.07) is 2.90. The Morgan fingerprint density at radius 1 is 1.47 bits per heavy atom. The van der Waals surface area contributed by atoms with Gasteiger partial charge in [-0.2, -0.15) is 13.2 Å². The summed E-state index contributed by atoms with van der Waals surface area (Å²) >= 11 is 0.967. The van der Waals surface area contributed by atoms with Crippen LogP contribution in [0.3, 0.4) is 0 Å². The highest BCUT2D eigenvalue weighted by atomic mass is 32.1. The second-order valence-corrected chi connectivity index (χ2v) is 4.01. The summed E-state index contributed by atoms with van der Waals surface area (Å²) in [5.74, 6) is 4.15. The second-order valence-electron chi connectivity index (χ2n) is 2.92. The van der Waals surface area contributed by atoms with E-state index in [4.69, 9.17) is 5.11 Å². The number of carbonyl (C=O) groups is 1. The van der Waals surface area contributed by atoms with Crippen molar-refractivity contribution in [3.63, 3.8) is 0 Å². The van der Waals surface area contributed by atoms with Crippen LogP contribution in [0.1, 0.15) is 14.5 Å². The van der Waals surface area contributed by atoms with Crippen molar-refractivity contribution >= 4 is 17.2 Å². The van der Waals surface area contributed by atoms with E-state index in [9.17, 15) is 18.0 Å². The number of hydrogen-bond donors (Lipinski definition) is 2. The fourth-order valence-electron chi connectivity index (χ4n) is 0.921. The summed E-state index contributed by atoms with van der Waals surface area (Å²) in [6.45, 7) is -1.67. The molecule has 17 heavy (non-hydrogen) atoms. The first kappa shape index (κ1) is 13.5. The zero-order valence-corrected chi connectivity index (χ0v) is 9.28. The Kier molecular flexibility index (Phi) is 4.54. The Hall–Kier alpha value is -1.52.